The van der Waals surface area contributed by atoms with E-state index in [2.05, 4.69) is 0 Å². The van der Waals surface area contributed by atoms with Crippen molar-refractivity contribution < 1.29 is 40.2 Å². The third-order valence-corrected chi connectivity index (χ3v) is 1.68. The summed E-state index contributed by atoms with van der Waals surface area (Å²) in [5.74, 6) is -3.15. The van der Waals surface area contributed by atoms with E-state index in [0.717, 1.165) is 0 Å². The van der Waals surface area contributed by atoms with Gasteiger partial charge in [-0.1, -0.05) is 0 Å². The van der Waals surface area contributed by atoms with Gasteiger partial charge in [-0.05, 0) is 0 Å². The van der Waals surface area contributed by atoms with E-state index in [-0.39, 0.29) is 0 Å². The number of carbonyl (C=O) groups excluding carboxylic acids is 1. The lowest BCUT2D eigenvalue weighted by molar-refractivity contribution is -0.178. The summed E-state index contributed by atoms with van der Waals surface area (Å²) in [4.78, 5) is 20.6. The van der Waals surface area contributed by atoms with E-state index in [4.69, 9.17) is 30.6 Å². The molecule has 0 aromatic heterocycles. The summed E-state index contributed by atoms with van der Waals surface area (Å²) in [5, 5.41) is 51.9. The molecule has 8 heteroatoms. The SMILES string of the molecule is O=C(O)C(=O)C[C@@H](O)[C@@H](O)[C@H](O)C(O)O. The zero-order chi connectivity index (χ0) is 12.2. The van der Waals surface area contributed by atoms with Crippen LogP contribution in [0.1, 0.15) is 6.42 Å². The first-order valence-electron chi connectivity index (χ1n) is 3.93. The number of Topliss-reactive ketones (excluding diaryl/α,β-unsaturated/α-hetero) is 1. The number of aliphatic hydroxyl groups excluding tert-OH is 4. The van der Waals surface area contributed by atoms with Gasteiger partial charge in [0.15, 0.2) is 6.29 Å². The van der Waals surface area contributed by atoms with Crippen molar-refractivity contribution >= 4 is 11.8 Å². The Morgan fingerprint density at radius 1 is 0.933 bits per heavy atom. The zero-order valence-electron chi connectivity index (χ0n) is 7.52. The van der Waals surface area contributed by atoms with E-state index in [0.29, 0.717) is 0 Å². The lowest BCUT2D eigenvalue weighted by Crippen LogP contribution is -2.45. The predicted molar refractivity (Wildman–Crippen MR) is 43.5 cm³/mol. The van der Waals surface area contributed by atoms with Crippen LogP contribution in [0.3, 0.4) is 0 Å². The summed E-state index contributed by atoms with van der Waals surface area (Å²) < 4.78 is 0. The molecular weight excluding hydrogens is 212 g/mol. The highest BCUT2D eigenvalue weighted by Crippen LogP contribution is 2.07. The molecular formula is C7H12O8. The van der Waals surface area contributed by atoms with Gasteiger partial charge in [0, 0.05) is 6.42 Å². The first kappa shape index (κ1) is 13.9. The lowest BCUT2D eigenvalue weighted by atomic mass is 10.0. The highest BCUT2D eigenvalue weighted by molar-refractivity contribution is 6.32. The molecule has 15 heavy (non-hydrogen) atoms. The Morgan fingerprint density at radius 3 is 1.73 bits per heavy atom. The fourth-order valence-electron chi connectivity index (χ4n) is 0.802. The minimum absolute atomic E-state index is 0.930. The summed E-state index contributed by atoms with van der Waals surface area (Å²) >= 11 is 0. The Kier molecular flexibility index (Phi) is 5.33. The molecule has 88 valence electrons. The van der Waals surface area contributed by atoms with Gasteiger partial charge in [0.2, 0.25) is 5.78 Å². The van der Waals surface area contributed by atoms with Crippen LogP contribution in [0.25, 0.3) is 0 Å². The highest BCUT2D eigenvalue weighted by Gasteiger charge is 2.31. The summed E-state index contributed by atoms with van der Waals surface area (Å²) in [6.45, 7) is 0. The van der Waals surface area contributed by atoms with Crippen molar-refractivity contribution in [3.63, 3.8) is 0 Å². The van der Waals surface area contributed by atoms with E-state index in [1.54, 1.807) is 0 Å². The van der Waals surface area contributed by atoms with E-state index >= 15 is 0 Å². The van der Waals surface area contributed by atoms with Crippen LogP contribution in [0, 0.1) is 0 Å². The monoisotopic (exact) mass is 224 g/mol. The zero-order valence-corrected chi connectivity index (χ0v) is 7.52. The van der Waals surface area contributed by atoms with Gasteiger partial charge in [-0.3, -0.25) is 4.79 Å². The second kappa shape index (κ2) is 5.73. The van der Waals surface area contributed by atoms with E-state index in [9.17, 15) is 9.59 Å². The van der Waals surface area contributed by atoms with Crippen molar-refractivity contribution in [1.29, 1.82) is 0 Å². The molecule has 0 heterocycles. The predicted octanol–water partition coefficient (Wildman–Crippen LogP) is -3.58. The summed E-state index contributed by atoms with van der Waals surface area (Å²) in [6, 6.07) is 0. The van der Waals surface area contributed by atoms with Crippen LogP contribution in [0.4, 0.5) is 0 Å². The van der Waals surface area contributed by atoms with Crippen LogP contribution in [0.15, 0.2) is 0 Å². The number of carbonyl (C=O) groups is 2. The Morgan fingerprint density at radius 2 is 1.40 bits per heavy atom. The van der Waals surface area contributed by atoms with Gasteiger partial charge in [0.25, 0.3) is 0 Å². The first-order valence-corrected chi connectivity index (χ1v) is 3.93. The molecule has 0 unspecified atom stereocenters. The number of rotatable bonds is 6. The van der Waals surface area contributed by atoms with Crippen LogP contribution in [0.2, 0.25) is 0 Å². The second-order valence-corrected chi connectivity index (χ2v) is 2.89. The summed E-state index contributed by atoms with van der Waals surface area (Å²) in [6.07, 6.45) is -9.21. The van der Waals surface area contributed by atoms with E-state index in [1.165, 1.54) is 0 Å². The quantitative estimate of drug-likeness (QED) is 0.200. The average Bonchev–Trinajstić information content (AvgIpc) is 2.14. The van der Waals surface area contributed by atoms with E-state index < -0.39 is 42.8 Å². The topological polar surface area (TPSA) is 156 Å². The van der Waals surface area contributed by atoms with Gasteiger partial charge in [-0.2, -0.15) is 0 Å². The van der Waals surface area contributed by atoms with Gasteiger partial charge < -0.3 is 30.6 Å². The average molecular weight is 224 g/mol. The van der Waals surface area contributed by atoms with Gasteiger partial charge in [-0.15, -0.1) is 0 Å². The smallest absolute Gasteiger partial charge is 0.372 e. The molecule has 8 nitrogen and oxygen atoms in total. The van der Waals surface area contributed by atoms with Crippen LogP contribution in [-0.2, 0) is 9.59 Å². The van der Waals surface area contributed by atoms with Crippen molar-refractivity contribution in [1.82, 2.24) is 0 Å². The molecule has 0 aromatic rings. The molecule has 0 rings (SSSR count). The second-order valence-electron chi connectivity index (χ2n) is 2.89. The maximum Gasteiger partial charge on any atom is 0.372 e. The maximum atomic E-state index is 10.6. The molecule has 0 radical (unpaired) electrons. The molecule has 0 aromatic carbocycles. The Bertz CT molecular complexity index is 237. The molecule has 0 amide bonds. The molecule has 6 N–H and O–H groups in total. The van der Waals surface area contributed by atoms with Gasteiger partial charge >= 0.3 is 5.97 Å². The molecule has 0 fully saturated rings. The molecule has 0 aliphatic carbocycles. The Hall–Kier alpha value is -1.06. The van der Waals surface area contributed by atoms with Crippen LogP contribution in [0.5, 0.6) is 0 Å². The summed E-state index contributed by atoms with van der Waals surface area (Å²) in [7, 11) is 0. The minimum atomic E-state index is -2.30. The molecule has 0 saturated carbocycles. The molecule has 0 aliphatic heterocycles. The standard InChI is InChI=1S/C7H12O8/c8-2(1-3(9)6(12)13)4(10)5(11)7(14)15/h2,4-5,7-8,10-11,14-15H,1H2,(H,12,13)/t2-,4-,5+/m1/s1. The minimum Gasteiger partial charge on any atom is -0.475 e. The van der Waals surface area contributed by atoms with Crippen LogP contribution in [-0.4, -0.2) is 67.0 Å². The highest BCUT2D eigenvalue weighted by atomic mass is 16.5. The molecule has 0 spiro atoms. The number of aliphatic hydroxyl groups is 5. The lowest BCUT2D eigenvalue weighted by Gasteiger charge is -2.22. The van der Waals surface area contributed by atoms with Gasteiger partial charge in [-0.25, -0.2) is 4.79 Å². The molecule has 3 atom stereocenters. The first-order chi connectivity index (χ1) is 6.77. The van der Waals surface area contributed by atoms with Crippen molar-refractivity contribution in [3.05, 3.63) is 0 Å². The number of ketones is 1. The molecule has 0 aliphatic rings. The van der Waals surface area contributed by atoms with Gasteiger partial charge in [0.05, 0.1) is 6.10 Å². The third-order valence-electron chi connectivity index (χ3n) is 1.68. The largest absolute Gasteiger partial charge is 0.475 e. The Balaban J connectivity index is 4.27. The number of carboxylic acids is 1. The van der Waals surface area contributed by atoms with Gasteiger partial charge in [0.1, 0.15) is 12.2 Å². The number of aliphatic carboxylic acids is 1. The van der Waals surface area contributed by atoms with Crippen molar-refractivity contribution in [3.8, 4) is 0 Å². The fraction of sp³-hybridized carbons (Fsp3) is 0.714. The third kappa shape index (κ3) is 4.32. The van der Waals surface area contributed by atoms with Crippen molar-refractivity contribution in [2.75, 3.05) is 0 Å². The molecule has 0 saturated heterocycles. The Labute approximate surface area is 84.0 Å². The normalized spacial score (nSPS) is 17.2. The number of hydrogen-bond acceptors (Lipinski definition) is 7. The van der Waals surface area contributed by atoms with E-state index in [1.807, 2.05) is 0 Å². The van der Waals surface area contributed by atoms with Crippen molar-refractivity contribution in [2.24, 2.45) is 0 Å². The fourth-order valence-corrected chi connectivity index (χ4v) is 0.802. The number of hydrogen-bond donors (Lipinski definition) is 6. The molecule has 0 bridgehead atoms. The van der Waals surface area contributed by atoms with Crippen LogP contribution < -0.4 is 0 Å². The number of carboxylic acid groups (broad SMARTS) is 1. The van der Waals surface area contributed by atoms with Crippen molar-refractivity contribution in [2.45, 2.75) is 31.0 Å². The van der Waals surface area contributed by atoms with Crippen LogP contribution >= 0.6 is 0 Å². The maximum absolute atomic E-state index is 10.6. The summed E-state index contributed by atoms with van der Waals surface area (Å²) in [5.41, 5.74) is 0.